The Hall–Kier alpha value is -2.94. The fourth-order valence-corrected chi connectivity index (χ4v) is 3.95. The smallest absolute Gasteiger partial charge is 0.223 e. The van der Waals surface area contributed by atoms with E-state index < -0.39 is 0 Å². The molecule has 1 aliphatic rings. The topological polar surface area (TPSA) is 89.6 Å². The molecule has 2 atom stereocenters. The quantitative estimate of drug-likeness (QED) is 0.664. The van der Waals surface area contributed by atoms with Crippen LogP contribution in [0.2, 0.25) is 0 Å². The van der Waals surface area contributed by atoms with Gasteiger partial charge in [-0.1, -0.05) is 0 Å². The van der Waals surface area contributed by atoms with E-state index in [0.29, 0.717) is 26.1 Å². The lowest BCUT2D eigenvalue weighted by Gasteiger charge is -2.27. The van der Waals surface area contributed by atoms with E-state index in [1.165, 1.54) is 0 Å². The average molecular weight is 383 g/mol. The molecular formula is C19H25N7O2. The number of methoxy groups -OCH3 is 1. The standard InChI is InChI=1S/C19H25N7O2/c1-13-8-16-19(20-4-5-26(16)23-13)21-10-14-9-17(27)25(6-7-28-3)18(14)15-11-22-24(2)12-15/h4-5,8,11-12,14,18H,6-7,9-10H2,1-3H3,(H,20,21)/t14-,18+/m1/s1. The van der Waals surface area contributed by atoms with Gasteiger partial charge in [0.15, 0.2) is 5.82 Å². The van der Waals surface area contributed by atoms with Gasteiger partial charge in [0.05, 0.1) is 24.5 Å². The molecule has 0 saturated carbocycles. The minimum Gasteiger partial charge on any atom is -0.383 e. The van der Waals surface area contributed by atoms with Crippen LogP contribution in [-0.2, 0) is 16.6 Å². The number of ether oxygens (including phenoxy) is 1. The second-order valence-electron chi connectivity index (χ2n) is 7.21. The Balaban J connectivity index is 1.57. The molecule has 1 N–H and O–H groups in total. The molecule has 1 saturated heterocycles. The van der Waals surface area contributed by atoms with Gasteiger partial charge in [0.2, 0.25) is 5.91 Å². The molecule has 9 heteroatoms. The maximum atomic E-state index is 12.7. The van der Waals surface area contributed by atoms with Gasteiger partial charge < -0.3 is 15.0 Å². The normalized spacial score (nSPS) is 19.7. The first kappa shape index (κ1) is 18.4. The number of nitrogens with zero attached hydrogens (tertiary/aromatic N) is 6. The number of nitrogens with one attached hydrogen (secondary N) is 1. The molecule has 148 valence electrons. The number of amides is 1. The summed E-state index contributed by atoms with van der Waals surface area (Å²) in [6.07, 6.45) is 7.87. The zero-order chi connectivity index (χ0) is 19.7. The fraction of sp³-hybridized carbons (Fsp3) is 0.474. The van der Waals surface area contributed by atoms with Gasteiger partial charge in [-0.3, -0.25) is 9.48 Å². The third-order valence-electron chi connectivity index (χ3n) is 5.19. The molecule has 28 heavy (non-hydrogen) atoms. The first-order chi connectivity index (χ1) is 13.6. The van der Waals surface area contributed by atoms with Crippen molar-refractivity contribution in [3.8, 4) is 0 Å². The highest BCUT2D eigenvalue weighted by Gasteiger charge is 2.40. The van der Waals surface area contributed by atoms with Gasteiger partial charge >= 0.3 is 0 Å². The second-order valence-corrected chi connectivity index (χ2v) is 7.21. The molecule has 0 spiro atoms. The van der Waals surface area contributed by atoms with E-state index >= 15 is 0 Å². The third kappa shape index (κ3) is 3.45. The van der Waals surface area contributed by atoms with Crippen LogP contribution in [0.4, 0.5) is 5.82 Å². The Labute approximate surface area is 163 Å². The van der Waals surface area contributed by atoms with Crippen molar-refractivity contribution in [1.82, 2.24) is 29.3 Å². The number of hydrogen-bond acceptors (Lipinski definition) is 6. The van der Waals surface area contributed by atoms with E-state index in [4.69, 9.17) is 4.74 Å². The molecule has 3 aromatic heterocycles. The summed E-state index contributed by atoms with van der Waals surface area (Å²) in [5.74, 6) is 1.03. The largest absolute Gasteiger partial charge is 0.383 e. The molecule has 0 aromatic carbocycles. The second kappa shape index (κ2) is 7.59. The van der Waals surface area contributed by atoms with Crippen LogP contribution in [-0.4, -0.2) is 62.0 Å². The Bertz CT molecular complexity index is 980. The van der Waals surface area contributed by atoms with Crippen LogP contribution in [0.5, 0.6) is 0 Å². The number of fused-ring (bicyclic) bond motifs is 1. The first-order valence-electron chi connectivity index (χ1n) is 9.38. The molecule has 1 aliphatic heterocycles. The lowest BCUT2D eigenvalue weighted by atomic mass is 9.95. The summed E-state index contributed by atoms with van der Waals surface area (Å²) >= 11 is 0. The summed E-state index contributed by atoms with van der Waals surface area (Å²) in [4.78, 5) is 19.1. The predicted molar refractivity (Wildman–Crippen MR) is 104 cm³/mol. The van der Waals surface area contributed by atoms with Crippen molar-refractivity contribution in [3.63, 3.8) is 0 Å². The monoisotopic (exact) mass is 383 g/mol. The number of anilines is 1. The van der Waals surface area contributed by atoms with Crippen molar-refractivity contribution in [1.29, 1.82) is 0 Å². The van der Waals surface area contributed by atoms with Crippen LogP contribution in [0.15, 0.2) is 30.9 Å². The van der Waals surface area contributed by atoms with E-state index in [-0.39, 0.29) is 17.9 Å². The number of aryl methyl sites for hydroxylation is 2. The van der Waals surface area contributed by atoms with E-state index in [0.717, 1.165) is 22.6 Å². The van der Waals surface area contributed by atoms with Gasteiger partial charge in [-0.05, 0) is 13.0 Å². The predicted octanol–water partition coefficient (Wildman–Crippen LogP) is 1.42. The van der Waals surface area contributed by atoms with Crippen molar-refractivity contribution in [2.24, 2.45) is 13.0 Å². The van der Waals surface area contributed by atoms with Crippen LogP contribution >= 0.6 is 0 Å². The molecule has 0 aliphatic carbocycles. The van der Waals surface area contributed by atoms with Crippen LogP contribution in [0.3, 0.4) is 0 Å². The number of carbonyl (C=O) groups excluding carboxylic acids is 1. The Morgan fingerprint density at radius 1 is 1.39 bits per heavy atom. The van der Waals surface area contributed by atoms with Gasteiger partial charge in [-0.2, -0.15) is 10.2 Å². The summed E-state index contributed by atoms with van der Waals surface area (Å²) in [5.41, 5.74) is 2.91. The molecule has 4 heterocycles. The molecular weight excluding hydrogens is 358 g/mol. The van der Waals surface area contributed by atoms with E-state index in [9.17, 15) is 4.79 Å². The molecule has 3 aromatic rings. The van der Waals surface area contributed by atoms with Crippen molar-refractivity contribution < 1.29 is 9.53 Å². The van der Waals surface area contributed by atoms with E-state index in [1.807, 2.05) is 48.0 Å². The van der Waals surface area contributed by atoms with Crippen molar-refractivity contribution in [2.75, 3.05) is 32.1 Å². The zero-order valence-corrected chi connectivity index (χ0v) is 16.4. The number of likely N-dealkylation sites (tertiary alicyclic amines) is 1. The van der Waals surface area contributed by atoms with Gasteiger partial charge in [0.25, 0.3) is 0 Å². The lowest BCUT2D eigenvalue weighted by Crippen LogP contribution is -2.33. The van der Waals surface area contributed by atoms with Crippen LogP contribution < -0.4 is 5.32 Å². The third-order valence-corrected chi connectivity index (χ3v) is 5.19. The molecule has 1 fully saturated rings. The molecule has 9 nitrogen and oxygen atoms in total. The van der Waals surface area contributed by atoms with Crippen LogP contribution in [0.1, 0.15) is 23.7 Å². The number of aromatic nitrogens is 5. The van der Waals surface area contributed by atoms with Crippen LogP contribution in [0, 0.1) is 12.8 Å². The highest BCUT2D eigenvalue weighted by Crippen LogP contribution is 2.38. The number of rotatable bonds is 7. The first-order valence-corrected chi connectivity index (χ1v) is 9.38. The van der Waals surface area contributed by atoms with E-state index in [1.54, 1.807) is 18.0 Å². The Kier molecular flexibility index (Phi) is 4.99. The minimum absolute atomic E-state index is 0.0322. The van der Waals surface area contributed by atoms with Gasteiger partial charge in [0.1, 0.15) is 5.52 Å². The summed E-state index contributed by atoms with van der Waals surface area (Å²) in [6, 6.07) is 1.97. The highest BCUT2D eigenvalue weighted by molar-refractivity contribution is 5.80. The van der Waals surface area contributed by atoms with Crippen molar-refractivity contribution in [3.05, 3.63) is 42.1 Å². The van der Waals surface area contributed by atoms with Gasteiger partial charge in [-0.25, -0.2) is 9.50 Å². The van der Waals surface area contributed by atoms with E-state index in [2.05, 4.69) is 20.5 Å². The maximum Gasteiger partial charge on any atom is 0.223 e. The zero-order valence-electron chi connectivity index (χ0n) is 16.4. The summed E-state index contributed by atoms with van der Waals surface area (Å²) in [6.45, 7) is 3.67. The molecule has 0 radical (unpaired) electrons. The number of carbonyl (C=O) groups is 1. The lowest BCUT2D eigenvalue weighted by molar-refractivity contribution is -0.129. The average Bonchev–Trinajstić information content (AvgIpc) is 3.34. The summed E-state index contributed by atoms with van der Waals surface area (Å²) in [7, 11) is 3.54. The van der Waals surface area contributed by atoms with Crippen LogP contribution in [0.25, 0.3) is 5.52 Å². The van der Waals surface area contributed by atoms with Crippen molar-refractivity contribution in [2.45, 2.75) is 19.4 Å². The van der Waals surface area contributed by atoms with Gasteiger partial charge in [0, 0.05) is 63.7 Å². The van der Waals surface area contributed by atoms with Gasteiger partial charge in [-0.15, -0.1) is 0 Å². The molecule has 0 unspecified atom stereocenters. The molecule has 1 amide bonds. The minimum atomic E-state index is -0.0322. The summed E-state index contributed by atoms with van der Waals surface area (Å²) in [5, 5.41) is 12.2. The SMILES string of the molecule is COCCN1C(=O)C[C@H](CNc2nccn3nc(C)cc23)[C@H]1c1cnn(C)c1. The Morgan fingerprint density at radius 2 is 2.25 bits per heavy atom. The fourth-order valence-electron chi connectivity index (χ4n) is 3.95. The number of hydrogen-bond donors (Lipinski definition) is 1. The highest BCUT2D eigenvalue weighted by atomic mass is 16.5. The summed E-state index contributed by atoms with van der Waals surface area (Å²) < 4.78 is 8.79. The molecule has 4 rings (SSSR count). The Morgan fingerprint density at radius 3 is 3.00 bits per heavy atom. The maximum absolute atomic E-state index is 12.7. The van der Waals surface area contributed by atoms with Crippen molar-refractivity contribution >= 4 is 17.2 Å². The molecule has 0 bridgehead atoms.